The number of alkyl halides is 1. The molecule has 6 nitrogen and oxygen atoms in total. The van der Waals surface area contributed by atoms with E-state index in [0.717, 1.165) is 23.2 Å². The summed E-state index contributed by atoms with van der Waals surface area (Å²) in [6, 6.07) is 7.22. The van der Waals surface area contributed by atoms with Gasteiger partial charge in [0.05, 0.1) is 25.5 Å². The molecule has 0 aliphatic carbocycles. The first-order valence-electron chi connectivity index (χ1n) is 9.56. The van der Waals surface area contributed by atoms with Crippen molar-refractivity contribution in [2.75, 3.05) is 39.7 Å². The van der Waals surface area contributed by atoms with E-state index in [4.69, 9.17) is 18.9 Å². The number of ether oxygens (including phenoxy) is 4. The van der Waals surface area contributed by atoms with Crippen LogP contribution in [-0.4, -0.2) is 50.4 Å². The van der Waals surface area contributed by atoms with E-state index in [1.165, 1.54) is 0 Å². The van der Waals surface area contributed by atoms with Crippen molar-refractivity contribution < 1.29 is 23.3 Å². The number of halogens is 1. The monoisotopic (exact) mass is 389 g/mol. The first-order valence-corrected chi connectivity index (χ1v) is 9.56. The lowest BCUT2D eigenvalue weighted by Gasteiger charge is -2.28. The van der Waals surface area contributed by atoms with E-state index >= 15 is 0 Å². The number of aryl methyl sites for hydroxylation is 1. The van der Waals surface area contributed by atoms with Crippen molar-refractivity contribution in [3.8, 4) is 22.9 Å². The van der Waals surface area contributed by atoms with Crippen LogP contribution in [0.4, 0.5) is 4.39 Å². The van der Waals surface area contributed by atoms with Crippen molar-refractivity contribution in [1.29, 1.82) is 0 Å². The number of nitrogens with zero attached hydrogens (tertiary/aromatic N) is 1. The van der Waals surface area contributed by atoms with Gasteiger partial charge in [-0.3, -0.25) is 4.79 Å². The van der Waals surface area contributed by atoms with E-state index in [2.05, 4.69) is 0 Å². The fourth-order valence-corrected chi connectivity index (χ4v) is 3.71. The van der Waals surface area contributed by atoms with Crippen LogP contribution in [0.2, 0.25) is 0 Å². The quantitative estimate of drug-likeness (QED) is 0.760. The van der Waals surface area contributed by atoms with Gasteiger partial charge in [-0.1, -0.05) is 0 Å². The third-order valence-corrected chi connectivity index (χ3v) is 5.10. The zero-order valence-electron chi connectivity index (χ0n) is 15.9. The van der Waals surface area contributed by atoms with Gasteiger partial charge in [-0.2, -0.15) is 0 Å². The number of benzene rings is 1. The minimum Gasteiger partial charge on any atom is -0.491 e. The van der Waals surface area contributed by atoms with Gasteiger partial charge < -0.3 is 23.5 Å². The third-order valence-electron chi connectivity index (χ3n) is 5.10. The van der Waals surface area contributed by atoms with Gasteiger partial charge in [-0.05, 0) is 37.1 Å². The highest BCUT2D eigenvalue weighted by Crippen LogP contribution is 2.35. The van der Waals surface area contributed by atoms with Gasteiger partial charge in [-0.15, -0.1) is 0 Å². The topological polar surface area (TPSA) is 58.9 Å². The molecule has 1 aromatic carbocycles. The van der Waals surface area contributed by atoms with Crippen molar-refractivity contribution in [1.82, 2.24) is 4.57 Å². The van der Waals surface area contributed by atoms with Crippen molar-refractivity contribution >= 4 is 0 Å². The van der Waals surface area contributed by atoms with Gasteiger partial charge in [0.25, 0.3) is 0 Å². The van der Waals surface area contributed by atoms with Crippen LogP contribution in [0.25, 0.3) is 11.3 Å². The lowest BCUT2D eigenvalue weighted by molar-refractivity contribution is -0.102. The summed E-state index contributed by atoms with van der Waals surface area (Å²) in [7, 11) is 0. The van der Waals surface area contributed by atoms with Gasteiger partial charge in [-0.25, -0.2) is 4.39 Å². The Kier molecular flexibility index (Phi) is 5.64. The van der Waals surface area contributed by atoms with Crippen LogP contribution in [0.3, 0.4) is 0 Å². The number of aromatic nitrogens is 1. The predicted octanol–water partition coefficient (Wildman–Crippen LogP) is 2.52. The summed E-state index contributed by atoms with van der Waals surface area (Å²) in [5, 5.41) is 0. The molecule has 0 saturated carbocycles. The number of fused-ring (bicyclic) bond motifs is 3. The smallest absolute Gasteiger partial charge is 0.197 e. The standard InChI is InChI=1S/C21H24FNO5/c1-14-19(24)11-20(28-13-17-12-25-8-9-27-17)23-6-4-15-10-16(26-7-5-22)2-3-18(15)21(14)23/h2-3,10-11,17H,4-9,12-13H2,1H3/t17-/m0/s1. The fourth-order valence-electron chi connectivity index (χ4n) is 3.71. The van der Waals surface area contributed by atoms with E-state index in [9.17, 15) is 9.18 Å². The van der Waals surface area contributed by atoms with Crippen LogP contribution >= 0.6 is 0 Å². The molecule has 7 heteroatoms. The van der Waals surface area contributed by atoms with Gasteiger partial charge in [0.2, 0.25) is 0 Å². The first kappa shape index (κ1) is 19.0. The molecular formula is C21H24FNO5. The van der Waals surface area contributed by atoms with E-state index in [-0.39, 0.29) is 18.1 Å². The Bertz CT molecular complexity index is 904. The molecule has 0 radical (unpaired) electrons. The summed E-state index contributed by atoms with van der Waals surface area (Å²) in [5.41, 5.74) is 3.55. The maximum Gasteiger partial charge on any atom is 0.197 e. The molecule has 2 aromatic rings. The Hall–Kier alpha value is -2.38. The zero-order valence-corrected chi connectivity index (χ0v) is 15.9. The lowest BCUT2D eigenvalue weighted by Crippen LogP contribution is -2.34. The maximum atomic E-state index is 12.6. The maximum absolute atomic E-state index is 12.6. The second-order valence-corrected chi connectivity index (χ2v) is 6.96. The van der Waals surface area contributed by atoms with Crippen LogP contribution in [0, 0.1) is 6.92 Å². The second-order valence-electron chi connectivity index (χ2n) is 6.96. The van der Waals surface area contributed by atoms with Crippen LogP contribution in [0.15, 0.2) is 29.1 Å². The molecule has 0 N–H and O–H groups in total. The molecule has 0 amide bonds. The lowest BCUT2D eigenvalue weighted by atomic mass is 9.94. The van der Waals surface area contributed by atoms with Crippen LogP contribution < -0.4 is 14.9 Å². The minimum atomic E-state index is -0.523. The minimum absolute atomic E-state index is 0.0405. The summed E-state index contributed by atoms with van der Waals surface area (Å²) >= 11 is 0. The molecule has 28 heavy (non-hydrogen) atoms. The molecule has 2 aliphatic heterocycles. The Morgan fingerprint density at radius 2 is 2.14 bits per heavy atom. The Morgan fingerprint density at radius 3 is 2.93 bits per heavy atom. The van der Waals surface area contributed by atoms with Crippen molar-refractivity contribution in [3.05, 3.63) is 45.6 Å². The SMILES string of the molecule is Cc1c2n(c(OC[C@@H]3COCCO3)cc1=O)CCc1cc(OCCF)ccc1-2. The summed E-state index contributed by atoms with van der Waals surface area (Å²) in [4.78, 5) is 12.6. The molecule has 1 fully saturated rings. The van der Waals surface area contributed by atoms with Gasteiger partial charge >= 0.3 is 0 Å². The fraction of sp³-hybridized carbons (Fsp3) is 0.476. The average molecular weight is 389 g/mol. The summed E-state index contributed by atoms with van der Waals surface area (Å²) in [5.74, 6) is 1.19. The molecule has 2 aliphatic rings. The highest BCUT2D eigenvalue weighted by atomic mass is 19.1. The molecule has 150 valence electrons. The number of hydrogen-bond acceptors (Lipinski definition) is 5. The molecule has 1 atom stereocenters. The molecule has 4 rings (SSSR count). The van der Waals surface area contributed by atoms with Crippen LogP contribution in [0.1, 0.15) is 11.1 Å². The van der Waals surface area contributed by atoms with Crippen molar-refractivity contribution in [3.63, 3.8) is 0 Å². The number of pyridine rings is 1. The summed E-state index contributed by atoms with van der Waals surface area (Å²) in [6.07, 6.45) is 0.643. The van der Waals surface area contributed by atoms with Crippen molar-refractivity contribution in [2.24, 2.45) is 0 Å². The summed E-state index contributed by atoms with van der Waals surface area (Å²) < 4.78 is 36.8. The molecule has 1 aromatic heterocycles. The van der Waals surface area contributed by atoms with Gasteiger partial charge in [0, 0.05) is 23.7 Å². The third kappa shape index (κ3) is 3.77. The van der Waals surface area contributed by atoms with E-state index in [1.807, 2.05) is 29.7 Å². The largest absolute Gasteiger partial charge is 0.491 e. The predicted molar refractivity (Wildman–Crippen MR) is 102 cm³/mol. The van der Waals surface area contributed by atoms with E-state index < -0.39 is 6.67 Å². The van der Waals surface area contributed by atoms with E-state index in [0.29, 0.717) is 50.2 Å². The van der Waals surface area contributed by atoms with Crippen molar-refractivity contribution in [2.45, 2.75) is 26.0 Å². The highest BCUT2D eigenvalue weighted by molar-refractivity contribution is 5.70. The Morgan fingerprint density at radius 1 is 1.25 bits per heavy atom. The van der Waals surface area contributed by atoms with Gasteiger partial charge in [0.15, 0.2) is 11.3 Å². The summed E-state index contributed by atoms with van der Waals surface area (Å²) in [6.45, 7) is 4.03. The Balaban J connectivity index is 1.64. The molecular weight excluding hydrogens is 365 g/mol. The van der Waals surface area contributed by atoms with Crippen LogP contribution in [0.5, 0.6) is 11.6 Å². The average Bonchev–Trinajstić information content (AvgIpc) is 2.73. The number of rotatable bonds is 6. The molecule has 3 heterocycles. The van der Waals surface area contributed by atoms with Crippen LogP contribution in [-0.2, 0) is 22.4 Å². The normalized spacial score (nSPS) is 18.3. The Labute approximate surface area is 162 Å². The van der Waals surface area contributed by atoms with E-state index in [1.54, 1.807) is 6.07 Å². The first-order chi connectivity index (χ1) is 13.7. The molecule has 0 bridgehead atoms. The molecule has 0 spiro atoms. The van der Waals surface area contributed by atoms with Gasteiger partial charge in [0.1, 0.15) is 31.7 Å². The number of hydrogen-bond donors (Lipinski definition) is 0. The highest BCUT2D eigenvalue weighted by Gasteiger charge is 2.23. The molecule has 1 saturated heterocycles. The molecule has 0 unspecified atom stereocenters. The zero-order chi connectivity index (χ0) is 19.5. The second kappa shape index (κ2) is 8.32.